The third kappa shape index (κ3) is 6.83. The van der Waals surface area contributed by atoms with E-state index < -0.39 is 12.5 Å². The molecular formula is C8H16F3NO. The Labute approximate surface area is 76.5 Å². The molecule has 1 aliphatic heterocycles. The van der Waals surface area contributed by atoms with Crippen LogP contribution in [0, 0.1) is 0 Å². The van der Waals surface area contributed by atoms with Crippen molar-refractivity contribution in [2.24, 2.45) is 0 Å². The highest BCUT2D eigenvalue weighted by atomic mass is 19.4. The molecule has 1 saturated heterocycles. The Kier molecular flexibility index (Phi) is 6.07. The quantitative estimate of drug-likeness (QED) is 0.699. The van der Waals surface area contributed by atoms with Crippen molar-refractivity contribution in [2.45, 2.75) is 39.2 Å². The summed E-state index contributed by atoms with van der Waals surface area (Å²) in [7, 11) is 0. The van der Waals surface area contributed by atoms with Gasteiger partial charge in [0.25, 0.3) is 0 Å². The summed E-state index contributed by atoms with van der Waals surface area (Å²) in [6.07, 6.45) is -4.22. The van der Waals surface area contributed by atoms with E-state index in [1.807, 2.05) is 13.8 Å². The first-order valence-electron chi connectivity index (χ1n) is 4.53. The van der Waals surface area contributed by atoms with Gasteiger partial charge in [0.15, 0.2) is 0 Å². The van der Waals surface area contributed by atoms with Crippen molar-refractivity contribution in [1.82, 2.24) is 5.32 Å². The number of alkyl halides is 3. The number of rotatable bonds is 1. The molecule has 0 aromatic rings. The lowest BCUT2D eigenvalue weighted by molar-refractivity contribution is -0.344. The summed E-state index contributed by atoms with van der Waals surface area (Å²) >= 11 is 0. The molecule has 0 aromatic heterocycles. The highest BCUT2D eigenvalue weighted by Gasteiger charge is 2.33. The molecule has 0 spiro atoms. The van der Waals surface area contributed by atoms with Crippen LogP contribution in [0.4, 0.5) is 13.2 Å². The van der Waals surface area contributed by atoms with Crippen molar-refractivity contribution in [2.75, 3.05) is 13.1 Å². The lowest BCUT2D eigenvalue weighted by atomic mass is 10.1. The molecule has 13 heavy (non-hydrogen) atoms. The number of ether oxygens (including phenoxy) is 1. The van der Waals surface area contributed by atoms with Crippen molar-refractivity contribution in [1.29, 1.82) is 0 Å². The van der Waals surface area contributed by atoms with E-state index in [1.54, 1.807) is 0 Å². The topological polar surface area (TPSA) is 21.3 Å². The van der Waals surface area contributed by atoms with Crippen LogP contribution in [0.25, 0.3) is 0 Å². The van der Waals surface area contributed by atoms with E-state index in [9.17, 15) is 13.2 Å². The number of halogens is 3. The standard InChI is InChI=1S/C6H10F3NO.C2H6/c7-6(8,9)11-5-1-3-10-4-2-5;1-2/h5,10H,1-4H2;1-2H3. The average Bonchev–Trinajstić information content (AvgIpc) is 2.07. The summed E-state index contributed by atoms with van der Waals surface area (Å²) in [5.74, 6) is 0. The van der Waals surface area contributed by atoms with Crippen LogP contribution in [-0.4, -0.2) is 25.6 Å². The second kappa shape index (κ2) is 6.21. The first-order valence-corrected chi connectivity index (χ1v) is 4.53. The van der Waals surface area contributed by atoms with Gasteiger partial charge in [-0.25, -0.2) is 0 Å². The SMILES string of the molecule is CC.FC(F)(F)OC1CCNCC1. The Hall–Kier alpha value is -0.290. The van der Waals surface area contributed by atoms with Crippen LogP contribution in [0.5, 0.6) is 0 Å². The van der Waals surface area contributed by atoms with E-state index in [-0.39, 0.29) is 0 Å². The monoisotopic (exact) mass is 199 g/mol. The maximum Gasteiger partial charge on any atom is 0.522 e. The fourth-order valence-corrected chi connectivity index (χ4v) is 1.10. The maximum atomic E-state index is 11.6. The van der Waals surface area contributed by atoms with Crippen molar-refractivity contribution in [3.8, 4) is 0 Å². The summed E-state index contributed by atoms with van der Waals surface area (Å²) in [4.78, 5) is 0. The predicted octanol–water partition coefficient (Wildman–Crippen LogP) is 2.30. The predicted molar refractivity (Wildman–Crippen MR) is 44.4 cm³/mol. The second-order valence-electron chi connectivity index (χ2n) is 2.51. The molecule has 0 aromatic carbocycles. The number of piperidine rings is 1. The van der Waals surface area contributed by atoms with Gasteiger partial charge in [-0.3, -0.25) is 4.74 Å². The summed E-state index contributed by atoms with van der Waals surface area (Å²) in [5.41, 5.74) is 0. The van der Waals surface area contributed by atoms with Crippen LogP contribution in [0.2, 0.25) is 0 Å². The van der Waals surface area contributed by atoms with Crippen molar-refractivity contribution < 1.29 is 17.9 Å². The molecule has 0 radical (unpaired) electrons. The third-order valence-electron chi connectivity index (χ3n) is 1.59. The molecule has 1 fully saturated rings. The Morgan fingerprint density at radius 1 is 1.15 bits per heavy atom. The van der Waals surface area contributed by atoms with Crippen LogP contribution in [0.15, 0.2) is 0 Å². The van der Waals surface area contributed by atoms with Crippen LogP contribution in [0.3, 0.4) is 0 Å². The van der Waals surface area contributed by atoms with E-state index in [2.05, 4.69) is 10.1 Å². The van der Waals surface area contributed by atoms with E-state index in [1.165, 1.54) is 0 Å². The lowest BCUT2D eigenvalue weighted by Crippen LogP contribution is -2.35. The van der Waals surface area contributed by atoms with Gasteiger partial charge in [-0.2, -0.15) is 0 Å². The van der Waals surface area contributed by atoms with E-state index >= 15 is 0 Å². The first kappa shape index (κ1) is 12.7. The van der Waals surface area contributed by atoms with Gasteiger partial charge in [-0.05, 0) is 25.9 Å². The number of hydrogen-bond donors (Lipinski definition) is 1. The van der Waals surface area contributed by atoms with Gasteiger partial charge in [0.1, 0.15) is 0 Å². The smallest absolute Gasteiger partial charge is 0.317 e. The molecule has 0 unspecified atom stereocenters. The van der Waals surface area contributed by atoms with Gasteiger partial charge in [-0.1, -0.05) is 13.8 Å². The molecule has 0 amide bonds. The molecule has 1 N–H and O–H groups in total. The average molecular weight is 199 g/mol. The summed E-state index contributed by atoms with van der Waals surface area (Å²) in [6, 6.07) is 0. The normalized spacial score (nSPS) is 19.2. The largest absolute Gasteiger partial charge is 0.522 e. The maximum absolute atomic E-state index is 11.6. The Morgan fingerprint density at radius 3 is 2.00 bits per heavy atom. The molecule has 0 atom stereocenters. The van der Waals surface area contributed by atoms with Crippen molar-refractivity contribution in [3.05, 3.63) is 0 Å². The molecule has 1 rings (SSSR count). The van der Waals surface area contributed by atoms with Crippen LogP contribution < -0.4 is 5.32 Å². The first-order chi connectivity index (χ1) is 6.08. The number of nitrogens with one attached hydrogen (secondary N) is 1. The van der Waals surface area contributed by atoms with Gasteiger partial charge in [0.2, 0.25) is 0 Å². The zero-order chi connectivity index (χ0) is 10.3. The van der Waals surface area contributed by atoms with Crippen LogP contribution in [0.1, 0.15) is 26.7 Å². The Balaban J connectivity index is 0.000000671. The zero-order valence-electron chi connectivity index (χ0n) is 7.95. The van der Waals surface area contributed by atoms with Crippen molar-refractivity contribution >= 4 is 0 Å². The minimum atomic E-state index is -4.47. The van der Waals surface area contributed by atoms with Crippen LogP contribution >= 0.6 is 0 Å². The van der Waals surface area contributed by atoms with Gasteiger partial charge < -0.3 is 5.32 Å². The minimum absolute atomic E-state index is 0.444. The highest BCUT2D eigenvalue weighted by molar-refractivity contribution is 4.68. The minimum Gasteiger partial charge on any atom is -0.317 e. The molecule has 5 heteroatoms. The fraction of sp³-hybridized carbons (Fsp3) is 1.00. The highest BCUT2D eigenvalue weighted by Crippen LogP contribution is 2.22. The lowest BCUT2D eigenvalue weighted by Gasteiger charge is -2.23. The van der Waals surface area contributed by atoms with E-state index in [0.29, 0.717) is 25.9 Å². The molecule has 1 aliphatic rings. The molecule has 2 nitrogen and oxygen atoms in total. The molecular weight excluding hydrogens is 183 g/mol. The van der Waals surface area contributed by atoms with Crippen LogP contribution in [-0.2, 0) is 4.74 Å². The van der Waals surface area contributed by atoms with Gasteiger partial charge >= 0.3 is 6.36 Å². The third-order valence-corrected chi connectivity index (χ3v) is 1.59. The molecule has 0 bridgehead atoms. The summed E-state index contributed by atoms with van der Waals surface area (Å²) in [5, 5.41) is 2.95. The summed E-state index contributed by atoms with van der Waals surface area (Å²) < 4.78 is 38.6. The fourth-order valence-electron chi connectivity index (χ4n) is 1.10. The second-order valence-corrected chi connectivity index (χ2v) is 2.51. The molecule has 0 aliphatic carbocycles. The van der Waals surface area contributed by atoms with Crippen molar-refractivity contribution in [3.63, 3.8) is 0 Å². The van der Waals surface area contributed by atoms with Gasteiger partial charge in [-0.15, -0.1) is 13.2 Å². The van der Waals surface area contributed by atoms with E-state index in [4.69, 9.17) is 0 Å². The number of hydrogen-bond acceptors (Lipinski definition) is 2. The van der Waals surface area contributed by atoms with Gasteiger partial charge in [0, 0.05) is 0 Å². The molecule has 1 heterocycles. The Bertz CT molecular complexity index is 121. The van der Waals surface area contributed by atoms with E-state index in [0.717, 1.165) is 0 Å². The summed E-state index contributed by atoms with van der Waals surface area (Å²) in [6.45, 7) is 5.22. The molecule has 0 saturated carbocycles. The zero-order valence-corrected chi connectivity index (χ0v) is 7.95. The molecule has 80 valence electrons. The Morgan fingerprint density at radius 2 is 1.62 bits per heavy atom. The van der Waals surface area contributed by atoms with Gasteiger partial charge in [0.05, 0.1) is 6.10 Å².